The van der Waals surface area contributed by atoms with Crippen molar-refractivity contribution in [1.82, 2.24) is 24.9 Å². The number of pyridine rings is 1. The first-order chi connectivity index (χ1) is 13.7. The van der Waals surface area contributed by atoms with Crippen molar-refractivity contribution in [2.24, 2.45) is 5.73 Å². The molecule has 1 unspecified atom stereocenters. The van der Waals surface area contributed by atoms with Gasteiger partial charge in [0.05, 0.1) is 30.2 Å². The molecule has 1 aliphatic rings. The molecule has 6 nitrogen and oxygen atoms in total. The highest BCUT2D eigenvalue weighted by molar-refractivity contribution is 5.25. The van der Waals surface area contributed by atoms with E-state index in [1.165, 1.54) is 29.7 Å². The first kappa shape index (κ1) is 20.7. The Kier molecular flexibility index (Phi) is 7.74. The Labute approximate surface area is 168 Å². The van der Waals surface area contributed by atoms with Gasteiger partial charge in [-0.1, -0.05) is 29.3 Å². The van der Waals surface area contributed by atoms with Crippen LogP contribution in [0.2, 0.25) is 0 Å². The van der Waals surface area contributed by atoms with Crippen molar-refractivity contribution >= 4 is 0 Å². The topological polar surface area (TPSA) is 72.9 Å². The maximum absolute atomic E-state index is 5.68. The number of nitrogens with two attached hydrogens (primary N) is 1. The van der Waals surface area contributed by atoms with Crippen molar-refractivity contribution in [1.29, 1.82) is 0 Å². The highest BCUT2D eigenvalue weighted by Gasteiger charge is 2.27. The predicted molar refractivity (Wildman–Crippen MR) is 113 cm³/mol. The molecule has 0 saturated heterocycles. The molecule has 1 atom stereocenters. The van der Waals surface area contributed by atoms with Gasteiger partial charge in [-0.3, -0.25) is 9.88 Å². The third-order valence-electron chi connectivity index (χ3n) is 5.39. The highest BCUT2D eigenvalue weighted by Crippen LogP contribution is 2.33. The molecule has 0 radical (unpaired) electrons. The summed E-state index contributed by atoms with van der Waals surface area (Å²) in [6, 6.07) is 4.66. The highest BCUT2D eigenvalue weighted by atomic mass is 15.4. The van der Waals surface area contributed by atoms with E-state index in [4.69, 9.17) is 10.7 Å². The van der Waals surface area contributed by atoms with E-state index in [9.17, 15) is 0 Å². The number of allylic oxidation sites excluding steroid dienone is 2. The maximum Gasteiger partial charge on any atom is 0.0967 e. The fraction of sp³-hybridized carbons (Fsp3) is 0.591. The standard InChI is InChI=1S/C22H34N6/c1-18(2)11-15-28-17-20(25-26-28)16-27(14-5-3-4-12-23)21-10-6-8-19-9-7-13-24-22(19)21/h7,9,11,13,17,21H,3-6,8,10,12,14-16,23H2,1-2H3. The molecule has 1 aliphatic carbocycles. The summed E-state index contributed by atoms with van der Waals surface area (Å²) in [6.07, 6.45) is 13.1. The summed E-state index contributed by atoms with van der Waals surface area (Å²) in [6.45, 7) is 7.62. The van der Waals surface area contributed by atoms with E-state index in [2.05, 4.69) is 53.5 Å². The quantitative estimate of drug-likeness (QED) is 0.502. The second kappa shape index (κ2) is 10.5. The average Bonchev–Trinajstić information content (AvgIpc) is 3.16. The van der Waals surface area contributed by atoms with Crippen LogP contribution in [0, 0.1) is 0 Å². The van der Waals surface area contributed by atoms with Crippen molar-refractivity contribution in [3.63, 3.8) is 0 Å². The Morgan fingerprint density at radius 2 is 2.21 bits per heavy atom. The first-order valence-electron chi connectivity index (χ1n) is 10.6. The Morgan fingerprint density at radius 1 is 1.32 bits per heavy atom. The van der Waals surface area contributed by atoms with Crippen LogP contribution < -0.4 is 5.73 Å². The minimum atomic E-state index is 0.366. The third kappa shape index (κ3) is 5.72. The molecule has 152 valence electrons. The van der Waals surface area contributed by atoms with Crippen molar-refractivity contribution in [2.45, 2.75) is 71.5 Å². The summed E-state index contributed by atoms with van der Waals surface area (Å²) in [5.41, 5.74) is 10.7. The van der Waals surface area contributed by atoms with E-state index in [0.717, 1.165) is 57.6 Å². The fourth-order valence-electron chi connectivity index (χ4n) is 3.91. The van der Waals surface area contributed by atoms with Crippen molar-refractivity contribution in [3.8, 4) is 0 Å². The van der Waals surface area contributed by atoms with E-state index >= 15 is 0 Å². The Bertz CT molecular complexity index is 762. The molecule has 0 spiro atoms. The lowest BCUT2D eigenvalue weighted by Gasteiger charge is -2.34. The fourth-order valence-corrected chi connectivity index (χ4v) is 3.91. The summed E-state index contributed by atoms with van der Waals surface area (Å²) >= 11 is 0. The van der Waals surface area contributed by atoms with E-state index in [0.29, 0.717) is 6.04 Å². The van der Waals surface area contributed by atoms with Crippen molar-refractivity contribution in [2.75, 3.05) is 13.1 Å². The van der Waals surface area contributed by atoms with E-state index < -0.39 is 0 Å². The van der Waals surface area contributed by atoms with Crippen LogP contribution in [0.1, 0.15) is 68.9 Å². The number of aromatic nitrogens is 4. The van der Waals surface area contributed by atoms with Crippen LogP contribution in [0.25, 0.3) is 0 Å². The van der Waals surface area contributed by atoms with Gasteiger partial charge in [0.2, 0.25) is 0 Å². The molecule has 0 aromatic carbocycles. The Balaban J connectivity index is 1.73. The van der Waals surface area contributed by atoms with Crippen LogP contribution in [-0.4, -0.2) is 38.0 Å². The zero-order valence-corrected chi connectivity index (χ0v) is 17.3. The number of hydrogen-bond donors (Lipinski definition) is 1. The summed E-state index contributed by atoms with van der Waals surface area (Å²) in [5, 5.41) is 8.73. The van der Waals surface area contributed by atoms with E-state index in [-0.39, 0.29) is 0 Å². The third-order valence-corrected chi connectivity index (χ3v) is 5.39. The van der Waals surface area contributed by atoms with E-state index in [1.807, 2.05) is 10.9 Å². The van der Waals surface area contributed by atoms with Crippen LogP contribution in [0.15, 0.2) is 36.2 Å². The van der Waals surface area contributed by atoms with Crippen LogP contribution in [0.5, 0.6) is 0 Å². The molecule has 0 aliphatic heterocycles. The normalized spacial score (nSPS) is 16.2. The molecular weight excluding hydrogens is 348 g/mol. The molecule has 0 amide bonds. The molecule has 2 aromatic heterocycles. The zero-order valence-electron chi connectivity index (χ0n) is 17.3. The van der Waals surface area contributed by atoms with Crippen LogP contribution in [0.4, 0.5) is 0 Å². The number of unbranched alkanes of at least 4 members (excludes halogenated alkanes) is 2. The molecule has 0 saturated carbocycles. The van der Waals surface area contributed by atoms with Crippen LogP contribution in [-0.2, 0) is 19.5 Å². The van der Waals surface area contributed by atoms with Crippen LogP contribution >= 0.6 is 0 Å². The average molecular weight is 383 g/mol. The smallest absolute Gasteiger partial charge is 0.0967 e. The van der Waals surface area contributed by atoms with E-state index in [1.54, 1.807) is 0 Å². The number of nitrogens with zero attached hydrogens (tertiary/aromatic N) is 5. The SMILES string of the molecule is CC(C)=CCn1cc(CN(CCCCCN)C2CCCc3cccnc32)nn1. The predicted octanol–water partition coefficient (Wildman–Crippen LogP) is 3.65. The summed E-state index contributed by atoms with van der Waals surface area (Å²) in [5.74, 6) is 0. The van der Waals surface area contributed by atoms with Gasteiger partial charge in [-0.2, -0.15) is 0 Å². The van der Waals surface area contributed by atoms with Gasteiger partial charge in [0.15, 0.2) is 0 Å². The van der Waals surface area contributed by atoms with Gasteiger partial charge in [0.1, 0.15) is 0 Å². The molecule has 2 heterocycles. The van der Waals surface area contributed by atoms with Gasteiger partial charge >= 0.3 is 0 Å². The van der Waals surface area contributed by atoms with Crippen molar-refractivity contribution in [3.05, 3.63) is 53.1 Å². The monoisotopic (exact) mass is 382 g/mol. The van der Waals surface area contributed by atoms with Crippen LogP contribution in [0.3, 0.4) is 0 Å². The molecule has 0 bridgehead atoms. The maximum atomic E-state index is 5.68. The van der Waals surface area contributed by atoms with Gasteiger partial charge in [0.25, 0.3) is 0 Å². The van der Waals surface area contributed by atoms with Gasteiger partial charge in [-0.15, -0.1) is 5.10 Å². The summed E-state index contributed by atoms with van der Waals surface area (Å²) in [4.78, 5) is 7.30. The molecule has 2 N–H and O–H groups in total. The lowest BCUT2D eigenvalue weighted by atomic mass is 9.90. The minimum Gasteiger partial charge on any atom is -0.330 e. The molecule has 28 heavy (non-hydrogen) atoms. The molecule has 3 rings (SSSR count). The molecule has 0 fully saturated rings. The zero-order chi connectivity index (χ0) is 19.8. The van der Waals surface area contributed by atoms with Gasteiger partial charge in [0, 0.05) is 12.7 Å². The van der Waals surface area contributed by atoms with Gasteiger partial charge < -0.3 is 5.73 Å². The number of hydrogen-bond acceptors (Lipinski definition) is 5. The number of fused-ring (bicyclic) bond motifs is 1. The number of aryl methyl sites for hydroxylation is 1. The van der Waals surface area contributed by atoms with Gasteiger partial charge in [-0.05, 0) is 70.7 Å². The lowest BCUT2D eigenvalue weighted by Crippen LogP contribution is -2.32. The lowest BCUT2D eigenvalue weighted by molar-refractivity contribution is 0.160. The molecule has 6 heteroatoms. The summed E-state index contributed by atoms with van der Waals surface area (Å²) in [7, 11) is 0. The minimum absolute atomic E-state index is 0.366. The summed E-state index contributed by atoms with van der Waals surface area (Å²) < 4.78 is 1.92. The van der Waals surface area contributed by atoms with Gasteiger partial charge in [-0.25, -0.2) is 4.68 Å². The Morgan fingerprint density at radius 3 is 3.04 bits per heavy atom. The van der Waals surface area contributed by atoms with Crippen molar-refractivity contribution < 1.29 is 0 Å². The molecular formula is C22H34N6. The molecule has 2 aromatic rings. The second-order valence-electron chi connectivity index (χ2n) is 7.99. The first-order valence-corrected chi connectivity index (χ1v) is 10.6. The largest absolute Gasteiger partial charge is 0.330 e. The Hall–Kier alpha value is -2.05. The number of rotatable bonds is 10. The second-order valence-corrected chi connectivity index (χ2v) is 7.99.